The van der Waals surface area contributed by atoms with Gasteiger partial charge in [0.1, 0.15) is 12.4 Å². The molecule has 0 fully saturated rings. The molecule has 0 aliphatic carbocycles. The third kappa shape index (κ3) is 3.45. The summed E-state index contributed by atoms with van der Waals surface area (Å²) in [6, 6.07) is 5.32. The Morgan fingerprint density at radius 1 is 1.58 bits per heavy atom. The van der Waals surface area contributed by atoms with Crippen LogP contribution < -0.4 is 10.5 Å². The van der Waals surface area contributed by atoms with Crippen molar-refractivity contribution in [2.45, 2.75) is 13.5 Å². The van der Waals surface area contributed by atoms with Crippen LogP contribution in [0.1, 0.15) is 16.3 Å². The molecular weight excluding hydrogens is 330 g/mol. The Hall–Kier alpha value is -1.60. The number of nitrogens with two attached hydrogens (primary N) is 1. The van der Waals surface area contributed by atoms with Crippen molar-refractivity contribution in [3.63, 3.8) is 0 Å². The second-order valence-electron chi connectivity index (χ2n) is 3.77. The number of hydrogen-bond donors (Lipinski definition) is 2. The summed E-state index contributed by atoms with van der Waals surface area (Å²) in [6.07, 6.45) is 0. The van der Waals surface area contributed by atoms with Crippen LogP contribution in [0, 0.1) is 6.92 Å². The lowest BCUT2D eigenvalue weighted by Crippen LogP contribution is -2.15. The average molecular weight is 342 g/mol. The summed E-state index contributed by atoms with van der Waals surface area (Å²) in [5, 5.41) is 14.7. The predicted molar refractivity (Wildman–Crippen MR) is 77.8 cm³/mol. The fourth-order valence-electron chi connectivity index (χ4n) is 1.51. The Morgan fingerprint density at radius 2 is 2.37 bits per heavy atom. The number of aromatic nitrogens is 1. The first kappa shape index (κ1) is 13.8. The molecule has 2 rings (SSSR count). The number of rotatable bonds is 4. The van der Waals surface area contributed by atoms with Crippen molar-refractivity contribution < 1.29 is 9.94 Å². The lowest BCUT2D eigenvalue weighted by atomic mass is 10.2. The summed E-state index contributed by atoms with van der Waals surface area (Å²) < 4.78 is 6.49. The van der Waals surface area contributed by atoms with Crippen LogP contribution in [0.2, 0.25) is 0 Å². The van der Waals surface area contributed by atoms with Gasteiger partial charge in [0.15, 0.2) is 5.84 Å². The standard InChI is InChI=1S/C12H12BrN3O2S/c1-7-15-9(6-19-7)5-18-11-3-2-8(13)4-10(11)12(14)16-17/h2-4,6,17H,5H2,1H3,(H2,14,16). The molecule has 5 nitrogen and oxygen atoms in total. The number of benzene rings is 1. The highest BCUT2D eigenvalue weighted by atomic mass is 79.9. The van der Waals surface area contributed by atoms with Crippen molar-refractivity contribution in [1.29, 1.82) is 0 Å². The van der Waals surface area contributed by atoms with Crippen molar-refractivity contribution in [2.75, 3.05) is 0 Å². The summed E-state index contributed by atoms with van der Waals surface area (Å²) in [5.41, 5.74) is 7.01. The third-order valence-corrected chi connectivity index (χ3v) is 3.68. The summed E-state index contributed by atoms with van der Waals surface area (Å²) >= 11 is 4.90. The zero-order chi connectivity index (χ0) is 13.8. The number of nitrogens with zero attached hydrogens (tertiary/aromatic N) is 2. The van der Waals surface area contributed by atoms with Gasteiger partial charge in [-0.2, -0.15) is 0 Å². The van der Waals surface area contributed by atoms with Gasteiger partial charge in [0.25, 0.3) is 0 Å². The number of thiazole rings is 1. The van der Waals surface area contributed by atoms with Crippen LogP contribution in [0.5, 0.6) is 5.75 Å². The number of halogens is 1. The quantitative estimate of drug-likeness (QED) is 0.387. The molecule has 0 amide bonds. The van der Waals surface area contributed by atoms with Crippen molar-refractivity contribution in [1.82, 2.24) is 4.98 Å². The van der Waals surface area contributed by atoms with Crippen LogP contribution in [0.25, 0.3) is 0 Å². The molecule has 0 saturated heterocycles. The SMILES string of the molecule is Cc1nc(COc2ccc(Br)cc2/C(N)=N/O)cs1. The molecule has 19 heavy (non-hydrogen) atoms. The Labute approximate surface area is 122 Å². The van der Waals surface area contributed by atoms with E-state index in [-0.39, 0.29) is 5.84 Å². The molecule has 0 unspecified atom stereocenters. The number of aryl methyl sites for hydroxylation is 1. The largest absolute Gasteiger partial charge is 0.486 e. The average Bonchev–Trinajstić information content (AvgIpc) is 2.82. The summed E-state index contributed by atoms with van der Waals surface area (Å²) in [5.74, 6) is 0.551. The molecule has 0 saturated carbocycles. The zero-order valence-electron chi connectivity index (χ0n) is 10.1. The van der Waals surface area contributed by atoms with Gasteiger partial charge >= 0.3 is 0 Å². The smallest absolute Gasteiger partial charge is 0.173 e. The maximum Gasteiger partial charge on any atom is 0.173 e. The third-order valence-electron chi connectivity index (χ3n) is 2.37. The van der Waals surface area contributed by atoms with E-state index in [2.05, 4.69) is 26.1 Å². The fourth-order valence-corrected chi connectivity index (χ4v) is 2.47. The van der Waals surface area contributed by atoms with Crippen LogP contribution in [0.4, 0.5) is 0 Å². The van der Waals surface area contributed by atoms with Gasteiger partial charge in [0.2, 0.25) is 0 Å². The molecule has 1 aromatic heterocycles. The topological polar surface area (TPSA) is 80.7 Å². The van der Waals surface area contributed by atoms with Gasteiger partial charge in [-0.1, -0.05) is 21.1 Å². The van der Waals surface area contributed by atoms with E-state index < -0.39 is 0 Å². The highest BCUT2D eigenvalue weighted by molar-refractivity contribution is 9.10. The lowest BCUT2D eigenvalue weighted by molar-refractivity contribution is 0.299. The van der Waals surface area contributed by atoms with Crippen LogP contribution in [-0.2, 0) is 6.61 Å². The molecule has 3 N–H and O–H groups in total. The van der Waals surface area contributed by atoms with Gasteiger partial charge in [0.05, 0.1) is 16.3 Å². The van der Waals surface area contributed by atoms with E-state index in [1.165, 1.54) is 0 Å². The molecular formula is C12H12BrN3O2S. The first-order valence-electron chi connectivity index (χ1n) is 5.41. The highest BCUT2D eigenvalue weighted by Crippen LogP contribution is 2.24. The van der Waals surface area contributed by atoms with Crippen LogP contribution in [0.15, 0.2) is 33.2 Å². The maximum atomic E-state index is 8.77. The molecule has 0 bridgehead atoms. The number of amidine groups is 1. The van der Waals surface area contributed by atoms with Crippen LogP contribution in [-0.4, -0.2) is 16.0 Å². The minimum absolute atomic E-state index is 0.00533. The zero-order valence-corrected chi connectivity index (χ0v) is 12.5. The first-order valence-corrected chi connectivity index (χ1v) is 7.08. The van der Waals surface area contributed by atoms with Crippen LogP contribution >= 0.6 is 27.3 Å². The summed E-state index contributed by atoms with van der Waals surface area (Å²) in [4.78, 5) is 4.31. The highest BCUT2D eigenvalue weighted by Gasteiger charge is 2.10. The Balaban J connectivity index is 2.20. The molecule has 7 heteroatoms. The van der Waals surface area contributed by atoms with Gasteiger partial charge in [-0.15, -0.1) is 11.3 Å². The van der Waals surface area contributed by atoms with Crippen molar-refractivity contribution >= 4 is 33.1 Å². The van der Waals surface area contributed by atoms with Gasteiger partial charge in [-0.3, -0.25) is 0 Å². The molecule has 0 spiro atoms. The van der Waals surface area contributed by atoms with Crippen LogP contribution in [0.3, 0.4) is 0 Å². The van der Waals surface area contributed by atoms with E-state index in [0.29, 0.717) is 17.9 Å². The minimum Gasteiger partial charge on any atom is -0.486 e. The van der Waals surface area contributed by atoms with Crippen molar-refractivity contribution in [2.24, 2.45) is 10.9 Å². The van der Waals surface area contributed by atoms with Crippen molar-refractivity contribution in [3.05, 3.63) is 44.3 Å². The normalized spacial score (nSPS) is 11.6. The summed E-state index contributed by atoms with van der Waals surface area (Å²) in [6.45, 7) is 2.29. The monoisotopic (exact) mass is 341 g/mol. The molecule has 0 radical (unpaired) electrons. The Kier molecular flexibility index (Phi) is 4.39. The Morgan fingerprint density at radius 3 is 3.00 bits per heavy atom. The molecule has 0 atom stereocenters. The minimum atomic E-state index is 0.00533. The fraction of sp³-hybridized carbons (Fsp3) is 0.167. The lowest BCUT2D eigenvalue weighted by Gasteiger charge is -2.10. The molecule has 100 valence electrons. The number of hydrogen-bond acceptors (Lipinski definition) is 5. The van der Waals surface area contributed by atoms with E-state index in [1.54, 1.807) is 23.5 Å². The second kappa shape index (κ2) is 6.03. The van der Waals surface area contributed by atoms with Crippen molar-refractivity contribution in [3.8, 4) is 5.75 Å². The predicted octanol–water partition coefficient (Wildman–Crippen LogP) is 2.89. The molecule has 1 heterocycles. The summed E-state index contributed by atoms with van der Waals surface area (Å²) in [7, 11) is 0. The van der Waals surface area contributed by atoms with Gasteiger partial charge in [0, 0.05) is 9.85 Å². The molecule has 0 aliphatic heterocycles. The Bertz CT molecular complexity index is 613. The molecule has 2 aromatic rings. The molecule has 0 aliphatic rings. The van der Waals surface area contributed by atoms with Gasteiger partial charge in [-0.25, -0.2) is 4.98 Å². The van der Waals surface area contributed by atoms with E-state index in [9.17, 15) is 0 Å². The first-order chi connectivity index (χ1) is 9.10. The van der Waals surface area contributed by atoms with Gasteiger partial charge < -0.3 is 15.7 Å². The van der Waals surface area contributed by atoms with E-state index in [4.69, 9.17) is 15.7 Å². The number of oxime groups is 1. The second-order valence-corrected chi connectivity index (χ2v) is 5.75. The maximum absolute atomic E-state index is 8.77. The van der Waals surface area contributed by atoms with E-state index >= 15 is 0 Å². The molecule has 1 aromatic carbocycles. The van der Waals surface area contributed by atoms with E-state index in [1.807, 2.05) is 18.4 Å². The van der Waals surface area contributed by atoms with Gasteiger partial charge in [-0.05, 0) is 25.1 Å². The number of ether oxygens (including phenoxy) is 1. The van der Waals surface area contributed by atoms with E-state index in [0.717, 1.165) is 15.2 Å².